The second kappa shape index (κ2) is 1.96. The molecule has 1 N–H and O–H groups in total. The van der Waals surface area contributed by atoms with Gasteiger partial charge >= 0.3 is 0 Å². The van der Waals surface area contributed by atoms with Gasteiger partial charge in [-0.15, -0.1) is 0 Å². The van der Waals surface area contributed by atoms with E-state index in [-0.39, 0.29) is 0 Å². The number of likely N-dealkylation sites (tertiary alicyclic amines) is 1. The topological polar surface area (TPSA) is 13.7 Å². The highest BCUT2D eigenvalue weighted by Gasteiger charge is 2.36. The van der Waals surface area contributed by atoms with Crippen LogP contribution in [0.1, 0.15) is 0 Å². The van der Waals surface area contributed by atoms with Crippen molar-refractivity contribution in [3.63, 3.8) is 0 Å². The van der Waals surface area contributed by atoms with Gasteiger partial charge in [0.1, 0.15) is 0 Å². The normalized spacial score (nSPS) is 49.7. The molecule has 0 amide bonds. The van der Waals surface area contributed by atoms with Gasteiger partial charge in [-0.1, -0.05) is 0 Å². The summed E-state index contributed by atoms with van der Waals surface area (Å²) in [6, 6.07) is 0. The van der Waals surface area contributed by atoms with Crippen LogP contribution in [0.15, 0.2) is 0 Å². The van der Waals surface area contributed by atoms with Crippen LogP contribution in [-0.2, 0) is 4.74 Å². The molecule has 2 nitrogen and oxygen atoms in total. The van der Waals surface area contributed by atoms with Crippen LogP contribution in [0.5, 0.6) is 0 Å². The Balaban J connectivity index is 2.02. The zero-order valence-electron chi connectivity index (χ0n) is 5.60. The summed E-state index contributed by atoms with van der Waals surface area (Å²) < 4.78 is 5.32. The van der Waals surface area contributed by atoms with Gasteiger partial charge in [-0.3, -0.25) is 0 Å². The van der Waals surface area contributed by atoms with Crippen LogP contribution in [0.4, 0.5) is 0 Å². The van der Waals surface area contributed by atoms with Crippen LogP contribution in [0.25, 0.3) is 0 Å². The predicted octanol–water partition coefficient (Wildman–Crippen LogP) is -1.06. The first-order chi connectivity index (χ1) is 4.36. The molecule has 0 radical (unpaired) electrons. The summed E-state index contributed by atoms with van der Waals surface area (Å²) in [7, 11) is 3.98. The van der Waals surface area contributed by atoms with E-state index in [0.717, 1.165) is 25.0 Å². The van der Waals surface area contributed by atoms with Crippen molar-refractivity contribution >= 4 is 0 Å². The van der Waals surface area contributed by atoms with Gasteiger partial charge in [0.25, 0.3) is 0 Å². The zero-order chi connectivity index (χ0) is 6.27. The summed E-state index contributed by atoms with van der Waals surface area (Å²) in [5.41, 5.74) is 0. The van der Waals surface area contributed by atoms with E-state index < -0.39 is 0 Å². The lowest BCUT2D eigenvalue weighted by atomic mass is 10.0. The van der Waals surface area contributed by atoms with E-state index >= 15 is 0 Å². The van der Waals surface area contributed by atoms with E-state index in [1.807, 2.05) is 0 Å². The largest absolute Gasteiger partial charge is 0.467 e. The van der Waals surface area contributed by atoms with Crippen molar-refractivity contribution in [3.05, 3.63) is 7.05 Å². The summed E-state index contributed by atoms with van der Waals surface area (Å²) in [6.45, 7) is 4.43. The Hall–Kier alpha value is -0.0800. The van der Waals surface area contributed by atoms with E-state index in [4.69, 9.17) is 4.74 Å². The molecule has 2 saturated heterocycles. The van der Waals surface area contributed by atoms with Crippen LogP contribution in [0.2, 0.25) is 0 Å². The number of nitrogens with one attached hydrogen (secondary N) is 1. The molecule has 2 atom stereocenters. The number of hydrogen-bond donors (Lipinski definition) is 1. The Morgan fingerprint density at radius 1 is 1.22 bits per heavy atom. The molecule has 52 valence electrons. The van der Waals surface area contributed by atoms with Crippen LogP contribution in [0, 0.1) is 18.9 Å². The van der Waals surface area contributed by atoms with Gasteiger partial charge < -0.3 is 9.64 Å². The van der Waals surface area contributed by atoms with Crippen molar-refractivity contribution in [2.24, 2.45) is 11.8 Å². The standard InChI is InChI=1S/C7H13NO/c1-8-2-6-4-9-5-7(6)3-8/h6-8H,1-5H2. The Morgan fingerprint density at radius 3 is 2.33 bits per heavy atom. The quantitative estimate of drug-likeness (QED) is 0.409. The molecule has 0 aromatic rings. The summed E-state index contributed by atoms with van der Waals surface area (Å²) >= 11 is 0. The van der Waals surface area contributed by atoms with Crippen molar-refractivity contribution < 1.29 is 9.64 Å². The fourth-order valence-corrected chi connectivity index (χ4v) is 1.92. The summed E-state index contributed by atoms with van der Waals surface area (Å²) in [5.74, 6) is 1.66. The van der Waals surface area contributed by atoms with E-state index in [1.165, 1.54) is 18.0 Å². The molecule has 0 aromatic heterocycles. The van der Waals surface area contributed by atoms with Crippen molar-refractivity contribution in [1.82, 2.24) is 0 Å². The third-order valence-electron chi connectivity index (χ3n) is 2.43. The molecular formula is C7H13NO. The van der Waals surface area contributed by atoms with E-state index in [1.54, 1.807) is 0 Å². The molecule has 0 spiro atoms. The van der Waals surface area contributed by atoms with Gasteiger partial charge in [0.15, 0.2) is 0 Å². The fourth-order valence-electron chi connectivity index (χ4n) is 1.92. The lowest BCUT2D eigenvalue weighted by molar-refractivity contribution is -0.843. The molecule has 0 aliphatic carbocycles. The smallest absolute Gasteiger partial charge is 0.0587 e. The molecule has 2 aliphatic rings. The number of ether oxygens (including phenoxy) is 1. The van der Waals surface area contributed by atoms with Gasteiger partial charge in [-0.2, -0.15) is 7.05 Å². The molecule has 0 saturated carbocycles. The highest BCUT2D eigenvalue weighted by molar-refractivity contribution is 4.77. The Morgan fingerprint density at radius 2 is 1.78 bits per heavy atom. The van der Waals surface area contributed by atoms with Crippen molar-refractivity contribution in [2.45, 2.75) is 0 Å². The van der Waals surface area contributed by atoms with E-state index in [9.17, 15) is 0 Å². The Labute approximate surface area is 55.8 Å². The minimum atomic E-state index is 0.831. The van der Waals surface area contributed by atoms with Crippen molar-refractivity contribution in [3.8, 4) is 0 Å². The Bertz CT molecular complexity index is 103. The number of hydrogen-bond acceptors (Lipinski definition) is 1. The van der Waals surface area contributed by atoms with E-state index in [2.05, 4.69) is 7.05 Å². The van der Waals surface area contributed by atoms with Crippen LogP contribution in [0.3, 0.4) is 0 Å². The first-order valence-corrected chi connectivity index (χ1v) is 3.60. The minimum Gasteiger partial charge on any atom is -0.467 e. The third-order valence-corrected chi connectivity index (χ3v) is 2.43. The molecule has 2 fully saturated rings. The molecular weight excluding hydrogens is 114 g/mol. The second-order valence-corrected chi connectivity index (χ2v) is 3.22. The summed E-state index contributed by atoms with van der Waals surface area (Å²) in [4.78, 5) is 1.44. The molecule has 0 bridgehead atoms. The van der Waals surface area contributed by atoms with Crippen molar-refractivity contribution in [2.75, 3.05) is 26.3 Å². The number of fused-ring (bicyclic) bond motifs is 1. The monoisotopic (exact) mass is 127 g/mol. The first-order valence-electron chi connectivity index (χ1n) is 3.60. The Kier molecular flexibility index (Phi) is 1.24. The number of rotatable bonds is 0. The summed E-state index contributed by atoms with van der Waals surface area (Å²) in [5, 5.41) is 0. The lowest BCUT2D eigenvalue weighted by Gasteiger charge is -2.13. The lowest BCUT2D eigenvalue weighted by Crippen LogP contribution is -3.05. The highest BCUT2D eigenvalue weighted by Crippen LogP contribution is 2.20. The average Bonchev–Trinajstić information content (AvgIpc) is 2.22. The van der Waals surface area contributed by atoms with Crippen LogP contribution >= 0.6 is 0 Å². The zero-order valence-corrected chi connectivity index (χ0v) is 5.60. The fraction of sp³-hybridized carbons (Fsp3) is 0.857. The maximum Gasteiger partial charge on any atom is 0.0587 e. The van der Waals surface area contributed by atoms with Crippen LogP contribution in [-0.4, -0.2) is 26.3 Å². The molecule has 2 unspecified atom stereocenters. The molecule has 2 rings (SSSR count). The molecule has 9 heavy (non-hydrogen) atoms. The minimum absolute atomic E-state index is 0.831. The van der Waals surface area contributed by atoms with E-state index in [0.29, 0.717) is 0 Å². The van der Waals surface area contributed by atoms with Gasteiger partial charge in [-0.25, -0.2) is 0 Å². The predicted molar refractivity (Wildman–Crippen MR) is 33.9 cm³/mol. The van der Waals surface area contributed by atoms with Gasteiger partial charge in [-0.05, 0) is 0 Å². The van der Waals surface area contributed by atoms with Crippen LogP contribution < -0.4 is 4.90 Å². The second-order valence-electron chi connectivity index (χ2n) is 3.22. The van der Waals surface area contributed by atoms with Gasteiger partial charge in [0.05, 0.1) is 26.3 Å². The SMILES string of the molecule is [CH2-][NH+]1CC2COCC2C1. The molecule has 2 aliphatic heterocycles. The summed E-state index contributed by atoms with van der Waals surface area (Å²) in [6.07, 6.45) is 0. The first kappa shape index (κ1) is 5.69. The van der Waals surface area contributed by atoms with Crippen molar-refractivity contribution in [1.29, 1.82) is 0 Å². The van der Waals surface area contributed by atoms with Gasteiger partial charge in [0, 0.05) is 11.8 Å². The maximum atomic E-state index is 5.32. The highest BCUT2D eigenvalue weighted by atomic mass is 16.5. The average molecular weight is 127 g/mol. The maximum absolute atomic E-state index is 5.32. The third kappa shape index (κ3) is 0.864. The number of quaternary nitrogens is 1. The molecule has 0 aromatic carbocycles. The molecule has 2 heterocycles. The molecule has 2 heteroatoms. The van der Waals surface area contributed by atoms with Gasteiger partial charge in [0.2, 0.25) is 0 Å².